The Morgan fingerprint density at radius 2 is 1.26 bits per heavy atom. The van der Waals surface area contributed by atoms with Gasteiger partial charge < -0.3 is 9.47 Å². The summed E-state index contributed by atoms with van der Waals surface area (Å²) in [6, 6.07) is 45.0. The summed E-state index contributed by atoms with van der Waals surface area (Å²) in [4.78, 5) is 15.4. The van der Waals surface area contributed by atoms with E-state index in [4.69, 9.17) is 9.47 Å². The van der Waals surface area contributed by atoms with Crippen LogP contribution in [0.15, 0.2) is 140 Å². The number of rotatable bonds is 9. The molecule has 1 aliphatic heterocycles. The summed E-state index contributed by atoms with van der Waals surface area (Å²) in [5.74, 6) is 0.943. The van der Waals surface area contributed by atoms with E-state index in [0.29, 0.717) is 30.3 Å². The quantitative estimate of drug-likeness (QED) is 0.183. The van der Waals surface area contributed by atoms with E-state index in [2.05, 4.69) is 6.07 Å². The average molecular weight is 563 g/mol. The van der Waals surface area contributed by atoms with Gasteiger partial charge in [0, 0.05) is 18.2 Å². The maximum atomic E-state index is 13.9. The number of carbonyl (C=O) groups excluding carboxylic acids is 1. The molecule has 1 aliphatic rings. The summed E-state index contributed by atoms with van der Waals surface area (Å²) in [7, 11) is 0. The lowest BCUT2D eigenvalue weighted by molar-refractivity contribution is 0.0697. The maximum absolute atomic E-state index is 13.9. The molecule has 0 fully saturated rings. The van der Waals surface area contributed by atoms with Crippen molar-refractivity contribution in [1.29, 1.82) is 5.26 Å². The largest absolute Gasteiger partial charge is 0.485 e. The number of carbonyl (C=O) groups is 1. The lowest BCUT2D eigenvalue weighted by atomic mass is 9.79. The van der Waals surface area contributed by atoms with E-state index in [1.54, 1.807) is 23.2 Å². The third-order valence-corrected chi connectivity index (χ3v) is 7.59. The monoisotopic (exact) mass is 562 g/mol. The van der Waals surface area contributed by atoms with E-state index < -0.39 is 5.54 Å². The Hall–Kier alpha value is -5.60. The molecule has 5 heteroatoms. The van der Waals surface area contributed by atoms with E-state index >= 15 is 0 Å². The molecule has 210 valence electrons. The molecule has 0 saturated carbocycles. The molecule has 6 rings (SSSR count). The Kier molecular flexibility index (Phi) is 8.02. The van der Waals surface area contributed by atoms with E-state index in [-0.39, 0.29) is 12.3 Å². The van der Waals surface area contributed by atoms with Gasteiger partial charge in [0.1, 0.15) is 13.2 Å². The van der Waals surface area contributed by atoms with Crippen LogP contribution in [0.3, 0.4) is 0 Å². The molecular formula is C38H30N2O3. The van der Waals surface area contributed by atoms with Gasteiger partial charge in [-0.15, -0.1) is 0 Å². The Morgan fingerprint density at radius 3 is 1.91 bits per heavy atom. The molecule has 1 heterocycles. The molecule has 0 N–H and O–H groups in total. The SMILES string of the molecule is N#CC1(Cc2ccc(OCc3ccccc3)c(OCc3ccccc3)c2)c2ccccc2C=CN1C(=O)c1ccccc1. The minimum atomic E-state index is -1.28. The zero-order valence-corrected chi connectivity index (χ0v) is 23.6. The average Bonchev–Trinajstić information content (AvgIpc) is 3.08. The Morgan fingerprint density at radius 1 is 0.674 bits per heavy atom. The van der Waals surface area contributed by atoms with E-state index in [1.165, 1.54) is 0 Å². The normalized spacial score (nSPS) is 15.3. The van der Waals surface area contributed by atoms with Crippen LogP contribution in [0, 0.1) is 11.3 Å². The molecule has 0 saturated heterocycles. The van der Waals surface area contributed by atoms with Crippen LogP contribution in [0.4, 0.5) is 0 Å². The molecule has 0 spiro atoms. The lowest BCUT2D eigenvalue weighted by Gasteiger charge is -2.40. The first-order valence-electron chi connectivity index (χ1n) is 14.2. The van der Waals surface area contributed by atoms with Crippen molar-refractivity contribution in [1.82, 2.24) is 4.90 Å². The van der Waals surface area contributed by atoms with Crippen LogP contribution in [0.5, 0.6) is 11.5 Å². The Labute approximate surface area is 251 Å². The molecule has 5 aromatic rings. The highest BCUT2D eigenvalue weighted by molar-refractivity contribution is 5.96. The summed E-state index contributed by atoms with van der Waals surface area (Å²) in [6.07, 6.45) is 3.87. The maximum Gasteiger partial charge on any atom is 0.259 e. The van der Waals surface area contributed by atoms with Crippen molar-refractivity contribution < 1.29 is 14.3 Å². The predicted molar refractivity (Wildman–Crippen MR) is 167 cm³/mol. The zero-order chi connectivity index (χ0) is 29.5. The van der Waals surface area contributed by atoms with Crippen LogP contribution >= 0.6 is 0 Å². The van der Waals surface area contributed by atoms with Gasteiger partial charge in [0.15, 0.2) is 17.0 Å². The number of amides is 1. The second kappa shape index (κ2) is 12.5. The van der Waals surface area contributed by atoms with E-state index in [0.717, 1.165) is 27.8 Å². The van der Waals surface area contributed by atoms with Crippen LogP contribution in [0.2, 0.25) is 0 Å². The first-order chi connectivity index (χ1) is 21.2. The summed E-state index contributed by atoms with van der Waals surface area (Å²) >= 11 is 0. The van der Waals surface area contributed by atoms with Crippen LogP contribution < -0.4 is 9.47 Å². The summed E-state index contributed by atoms with van der Waals surface area (Å²) in [6.45, 7) is 0.751. The minimum absolute atomic E-state index is 0.240. The second-order valence-corrected chi connectivity index (χ2v) is 10.4. The smallest absolute Gasteiger partial charge is 0.259 e. The van der Waals surface area contributed by atoms with Gasteiger partial charge in [0.05, 0.1) is 6.07 Å². The number of hydrogen-bond acceptors (Lipinski definition) is 4. The van der Waals surface area contributed by atoms with Crippen LogP contribution in [0.1, 0.15) is 38.2 Å². The van der Waals surface area contributed by atoms with Crippen LogP contribution in [0.25, 0.3) is 6.08 Å². The molecular weight excluding hydrogens is 532 g/mol. The number of nitrogens with zero attached hydrogens (tertiary/aromatic N) is 2. The highest BCUT2D eigenvalue weighted by atomic mass is 16.5. The molecule has 0 aromatic heterocycles. The van der Waals surface area contributed by atoms with Gasteiger partial charge in [-0.1, -0.05) is 109 Å². The Balaban J connectivity index is 1.37. The van der Waals surface area contributed by atoms with Crippen LogP contribution in [-0.4, -0.2) is 10.8 Å². The molecule has 0 radical (unpaired) electrons. The summed E-state index contributed by atoms with van der Waals surface area (Å²) in [5.41, 5.74) is 3.84. The number of nitriles is 1. The third-order valence-electron chi connectivity index (χ3n) is 7.59. The van der Waals surface area contributed by atoms with E-state index in [9.17, 15) is 10.1 Å². The summed E-state index contributed by atoms with van der Waals surface area (Å²) < 4.78 is 12.5. The highest BCUT2D eigenvalue weighted by Crippen LogP contribution is 2.41. The van der Waals surface area contributed by atoms with Crippen molar-refractivity contribution in [3.05, 3.63) is 173 Å². The fourth-order valence-corrected chi connectivity index (χ4v) is 5.39. The van der Waals surface area contributed by atoms with Gasteiger partial charge in [-0.25, -0.2) is 0 Å². The molecule has 5 nitrogen and oxygen atoms in total. The number of benzene rings is 5. The molecule has 1 atom stereocenters. The van der Waals surface area contributed by atoms with Crippen molar-refractivity contribution in [3.63, 3.8) is 0 Å². The fourth-order valence-electron chi connectivity index (χ4n) is 5.39. The van der Waals surface area contributed by atoms with Gasteiger partial charge in [-0.05, 0) is 58.2 Å². The molecule has 43 heavy (non-hydrogen) atoms. The number of fused-ring (bicyclic) bond motifs is 1. The van der Waals surface area contributed by atoms with Crippen molar-refractivity contribution >= 4 is 12.0 Å². The first-order valence-corrected chi connectivity index (χ1v) is 14.2. The van der Waals surface area contributed by atoms with Crippen molar-refractivity contribution in [3.8, 4) is 17.6 Å². The van der Waals surface area contributed by atoms with Gasteiger partial charge in [0.25, 0.3) is 5.91 Å². The summed E-state index contributed by atoms with van der Waals surface area (Å²) in [5, 5.41) is 10.9. The minimum Gasteiger partial charge on any atom is -0.485 e. The zero-order valence-electron chi connectivity index (χ0n) is 23.6. The van der Waals surface area contributed by atoms with Gasteiger partial charge in [-0.3, -0.25) is 9.69 Å². The van der Waals surface area contributed by atoms with E-state index in [1.807, 2.05) is 127 Å². The van der Waals surface area contributed by atoms with Crippen LogP contribution in [-0.2, 0) is 25.2 Å². The highest BCUT2D eigenvalue weighted by Gasteiger charge is 2.44. The molecule has 1 amide bonds. The predicted octanol–water partition coefficient (Wildman–Crippen LogP) is 7.93. The lowest BCUT2D eigenvalue weighted by Crippen LogP contribution is -2.49. The van der Waals surface area contributed by atoms with Crippen molar-refractivity contribution in [2.45, 2.75) is 25.2 Å². The third kappa shape index (κ3) is 5.91. The van der Waals surface area contributed by atoms with Gasteiger partial charge in [0.2, 0.25) is 0 Å². The van der Waals surface area contributed by atoms with Crippen molar-refractivity contribution in [2.75, 3.05) is 0 Å². The molecule has 0 bridgehead atoms. The van der Waals surface area contributed by atoms with Gasteiger partial charge in [-0.2, -0.15) is 5.26 Å². The second-order valence-electron chi connectivity index (χ2n) is 10.4. The number of ether oxygens (including phenoxy) is 2. The standard InChI is InChI=1S/C38H30N2O3/c39-28-38(34-19-11-10-16-32(34)22-23-40(38)37(41)33-17-8-3-9-18-33)25-31-20-21-35(42-26-29-12-4-1-5-13-29)36(24-31)43-27-30-14-6-2-7-15-30/h1-24H,25-27H2. The fraction of sp³-hybridized carbons (Fsp3) is 0.105. The Bertz CT molecular complexity index is 1780. The first kappa shape index (κ1) is 27.6. The topological polar surface area (TPSA) is 62.6 Å². The van der Waals surface area contributed by atoms with Gasteiger partial charge >= 0.3 is 0 Å². The number of hydrogen-bond donors (Lipinski definition) is 0. The molecule has 5 aromatic carbocycles. The molecule has 0 aliphatic carbocycles. The molecule has 1 unspecified atom stereocenters. The van der Waals surface area contributed by atoms with Crippen molar-refractivity contribution in [2.24, 2.45) is 0 Å².